The average molecular weight is 286 g/mol. The number of nitrogens with one attached hydrogen (secondary N) is 1. The zero-order chi connectivity index (χ0) is 14.6. The molecule has 1 aromatic rings. The molecule has 7 heteroatoms. The Bertz CT molecular complexity index is 567. The number of carbonyl (C=O) groups excluding carboxylic acids is 1. The lowest BCUT2D eigenvalue weighted by atomic mass is 10.2. The van der Waals surface area contributed by atoms with Crippen LogP contribution in [0.2, 0.25) is 0 Å². The van der Waals surface area contributed by atoms with E-state index in [1.165, 1.54) is 33.3 Å². The van der Waals surface area contributed by atoms with Crippen LogP contribution in [0.4, 0.5) is 0 Å². The molecular formula is C12H18N2O4S. The fourth-order valence-corrected chi connectivity index (χ4v) is 2.36. The Balaban J connectivity index is 2.95. The molecule has 1 amide bonds. The van der Waals surface area contributed by atoms with E-state index in [1.54, 1.807) is 13.0 Å². The van der Waals surface area contributed by atoms with E-state index in [4.69, 9.17) is 4.74 Å². The first-order chi connectivity index (χ1) is 8.78. The van der Waals surface area contributed by atoms with E-state index in [0.717, 1.165) is 4.31 Å². The third-order valence-corrected chi connectivity index (χ3v) is 4.37. The van der Waals surface area contributed by atoms with Crippen molar-refractivity contribution in [3.8, 4) is 5.75 Å². The predicted molar refractivity (Wildman–Crippen MR) is 71.6 cm³/mol. The number of sulfonamides is 1. The molecule has 0 heterocycles. The monoisotopic (exact) mass is 286 g/mol. The molecular weight excluding hydrogens is 268 g/mol. The summed E-state index contributed by atoms with van der Waals surface area (Å²) in [5.74, 6) is 0.241. The second kappa shape index (κ2) is 6.03. The molecule has 0 radical (unpaired) electrons. The highest BCUT2D eigenvalue weighted by Crippen LogP contribution is 2.23. The van der Waals surface area contributed by atoms with Crippen LogP contribution in [-0.2, 0) is 14.8 Å². The molecule has 0 bridgehead atoms. The molecule has 0 spiro atoms. The summed E-state index contributed by atoms with van der Waals surface area (Å²) < 4.78 is 30.3. The number of hydrogen-bond donors (Lipinski definition) is 1. The Hall–Kier alpha value is -1.60. The molecule has 0 aromatic heterocycles. The first-order valence-electron chi connectivity index (χ1n) is 5.65. The predicted octanol–water partition coefficient (Wildman–Crippen LogP) is 0.370. The van der Waals surface area contributed by atoms with Crippen molar-refractivity contribution in [3.05, 3.63) is 23.8 Å². The Morgan fingerprint density at radius 1 is 1.37 bits per heavy atom. The Labute approximate surface area is 113 Å². The number of carbonyl (C=O) groups is 1. The zero-order valence-corrected chi connectivity index (χ0v) is 12.2. The quantitative estimate of drug-likeness (QED) is 0.848. The average Bonchev–Trinajstić information content (AvgIpc) is 2.36. The summed E-state index contributed by atoms with van der Waals surface area (Å²) in [6.07, 6.45) is 0. The molecule has 106 valence electrons. The van der Waals surface area contributed by atoms with E-state index >= 15 is 0 Å². The van der Waals surface area contributed by atoms with E-state index in [9.17, 15) is 13.2 Å². The largest absolute Gasteiger partial charge is 0.484 e. The molecule has 0 aliphatic carbocycles. The van der Waals surface area contributed by atoms with Gasteiger partial charge in [-0.1, -0.05) is 0 Å². The summed E-state index contributed by atoms with van der Waals surface area (Å²) in [7, 11) is 1.01. The first-order valence-corrected chi connectivity index (χ1v) is 7.09. The lowest BCUT2D eigenvalue weighted by Gasteiger charge is -2.13. The second-order valence-corrected chi connectivity index (χ2v) is 6.33. The maximum absolute atomic E-state index is 11.9. The number of aryl methyl sites for hydroxylation is 1. The molecule has 0 aliphatic rings. The minimum absolute atomic E-state index is 0.100. The van der Waals surface area contributed by atoms with Crippen LogP contribution < -0.4 is 10.1 Å². The number of hydrogen-bond acceptors (Lipinski definition) is 4. The van der Waals surface area contributed by atoms with Crippen molar-refractivity contribution < 1.29 is 17.9 Å². The van der Waals surface area contributed by atoms with Crippen LogP contribution >= 0.6 is 0 Å². The highest BCUT2D eigenvalue weighted by molar-refractivity contribution is 7.89. The van der Waals surface area contributed by atoms with Crippen LogP contribution in [0, 0.1) is 6.92 Å². The summed E-state index contributed by atoms with van der Waals surface area (Å²) in [5.41, 5.74) is 0.659. The number of amides is 1. The second-order valence-electron chi connectivity index (χ2n) is 4.18. The highest BCUT2D eigenvalue weighted by atomic mass is 32.2. The summed E-state index contributed by atoms with van der Waals surface area (Å²) in [5, 5.41) is 2.44. The van der Waals surface area contributed by atoms with Gasteiger partial charge in [-0.15, -0.1) is 0 Å². The fourth-order valence-electron chi connectivity index (χ4n) is 1.37. The Morgan fingerprint density at radius 2 is 2.00 bits per heavy atom. The molecule has 1 N–H and O–H groups in total. The minimum Gasteiger partial charge on any atom is -0.484 e. The van der Waals surface area contributed by atoms with Crippen LogP contribution in [-0.4, -0.2) is 46.4 Å². The highest BCUT2D eigenvalue weighted by Gasteiger charge is 2.18. The van der Waals surface area contributed by atoms with Gasteiger partial charge in [-0.05, 0) is 30.7 Å². The van der Waals surface area contributed by atoms with Gasteiger partial charge in [-0.3, -0.25) is 4.79 Å². The van der Waals surface area contributed by atoms with Crippen molar-refractivity contribution in [2.45, 2.75) is 11.8 Å². The molecule has 0 unspecified atom stereocenters. The smallest absolute Gasteiger partial charge is 0.257 e. The van der Waals surface area contributed by atoms with Crippen molar-refractivity contribution in [2.75, 3.05) is 27.7 Å². The van der Waals surface area contributed by atoms with Crippen molar-refractivity contribution in [2.24, 2.45) is 0 Å². The topological polar surface area (TPSA) is 75.7 Å². The molecule has 19 heavy (non-hydrogen) atoms. The van der Waals surface area contributed by atoms with E-state index in [-0.39, 0.29) is 17.4 Å². The molecule has 6 nitrogen and oxygen atoms in total. The summed E-state index contributed by atoms with van der Waals surface area (Å²) >= 11 is 0. The number of likely N-dealkylation sites (N-methyl/N-ethyl adjacent to an activating group) is 1. The van der Waals surface area contributed by atoms with Gasteiger partial charge < -0.3 is 10.1 Å². The van der Waals surface area contributed by atoms with Crippen LogP contribution in [0.5, 0.6) is 5.75 Å². The molecule has 0 saturated carbocycles. The van der Waals surface area contributed by atoms with Crippen LogP contribution in [0.1, 0.15) is 5.56 Å². The fraction of sp³-hybridized carbons (Fsp3) is 0.417. The van der Waals surface area contributed by atoms with Gasteiger partial charge in [0.15, 0.2) is 6.61 Å². The summed E-state index contributed by atoms with van der Waals surface area (Å²) in [6.45, 7) is 1.63. The van der Waals surface area contributed by atoms with Gasteiger partial charge in [0, 0.05) is 21.1 Å². The lowest BCUT2D eigenvalue weighted by Crippen LogP contribution is -2.25. The van der Waals surface area contributed by atoms with E-state index < -0.39 is 10.0 Å². The summed E-state index contributed by atoms with van der Waals surface area (Å²) in [6, 6.07) is 4.53. The molecule has 1 aromatic carbocycles. The SMILES string of the molecule is CNC(=O)COc1ccc(S(=O)(=O)N(C)C)cc1C. The van der Waals surface area contributed by atoms with Crippen molar-refractivity contribution in [1.29, 1.82) is 0 Å². The molecule has 0 aliphatic heterocycles. The van der Waals surface area contributed by atoms with Crippen LogP contribution in [0.15, 0.2) is 23.1 Å². The van der Waals surface area contributed by atoms with Gasteiger partial charge in [-0.2, -0.15) is 0 Å². The van der Waals surface area contributed by atoms with Gasteiger partial charge >= 0.3 is 0 Å². The van der Waals surface area contributed by atoms with Gasteiger partial charge in [0.05, 0.1) is 4.90 Å². The zero-order valence-electron chi connectivity index (χ0n) is 11.4. The Morgan fingerprint density at radius 3 is 2.47 bits per heavy atom. The maximum Gasteiger partial charge on any atom is 0.257 e. The molecule has 1 rings (SSSR count). The van der Waals surface area contributed by atoms with Gasteiger partial charge in [0.25, 0.3) is 5.91 Å². The Kier molecular flexibility index (Phi) is 4.90. The number of ether oxygens (including phenoxy) is 1. The molecule has 0 saturated heterocycles. The number of nitrogens with zero attached hydrogens (tertiary/aromatic N) is 1. The third-order valence-electron chi connectivity index (χ3n) is 2.56. The molecule has 0 fully saturated rings. The van der Waals surface area contributed by atoms with Crippen molar-refractivity contribution in [3.63, 3.8) is 0 Å². The third kappa shape index (κ3) is 3.68. The van der Waals surface area contributed by atoms with Gasteiger partial charge in [0.2, 0.25) is 10.0 Å². The van der Waals surface area contributed by atoms with Crippen LogP contribution in [0.3, 0.4) is 0 Å². The molecule has 0 atom stereocenters. The van der Waals surface area contributed by atoms with E-state index in [1.807, 2.05) is 0 Å². The van der Waals surface area contributed by atoms with E-state index in [0.29, 0.717) is 11.3 Å². The number of benzene rings is 1. The van der Waals surface area contributed by atoms with Gasteiger partial charge in [-0.25, -0.2) is 12.7 Å². The van der Waals surface area contributed by atoms with E-state index in [2.05, 4.69) is 5.32 Å². The van der Waals surface area contributed by atoms with Crippen molar-refractivity contribution >= 4 is 15.9 Å². The normalized spacial score (nSPS) is 11.4. The summed E-state index contributed by atoms with van der Waals surface area (Å²) in [4.78, 5) is 11.3. The first kappa shape index (κ1) is 15.5. The van der Waals surface area contributed by atoms with Crippen molar-refractivity contribution in [1.82, 2.24) is 9.62 Å². The van der Waals surface area contributed by atoms with Crippen LogP contribution in [0.25, 0.3) is 0 Å². The lowest BCUT2D eigenvalue weighted by molar-refractivity contribution is -0.122. The minimum atomic E-state index is -3.45. The number of rotatable bonds is 5. The maximum atomic E-state index is 11.9. The van der Waals surface area contributed by atoms with Gasteiger partial charge in [0.1, 0.15) is 5.75 Å². The standard InChI is InChI=1S/C12H18N2O4S/c1-9-7-10(19(16,17)14(3)4)5-6-11(9)18-8-12(15)13-2/h5-7H,8H2,1-4H3,(H,13,15).